The lowest BCUT2D eigenvalue weighted by Crippen LogP contribution is -2.06. The zero-order chi connectivity index (χ0) is 12.2. The molecule has 0 atom stereocenters. The van der Waals surface area contributed by atoms with Crippen LogP contribution in [0.15, 0.2) is 18.5 Å². The molecular weight excluding hydrogens is 253 g/mol. The maximum atomic E-state index is 12.6. The second-order valence-corrected chi connectivity index (χ2v) is 4.65. The van der Waals surface area contributed by atoms with Crippen molar-refractivity contribution in [3.63, 3.8) is 0 Å². The molecule has 2 heterocycles. The van der Waals surface area contributed by atoms with E-state index in [1.54, 1.807) is 6.20 Å². The Kier molecular flexibility index (Phi) is 2.17. The molecule has 2 aromatic heterocycles. The molecule has 6 heteroatoms. The number of alkyl halides is 3. The minimum absolute atomic E-state index is 0.0340. The molecule has 90 valence electrons. The Hall–Kier alpha value is -1.23. The van der Waals surface area contributed by atoms with E-state index < -0.39 is 11.7 Å². The van der Waals surface area contributed by atoms with E-state index in [9.17, 15) is 13.2 Å². The van der Waals surface area contributed by atoms with Crippen LogP contribution in [0.2, 0.25) is 5.02 Å². The van der Waals surface area contributed by atoms with Crippen molar-refractivity contribution in [1.29, 1.82) is 0 Å². The second kappa shape index (κ2) is 3.38. The summed E-state index contributed by atoms with van der Waals surface area (Å²) in [7, 11) is 0. The van der Waals surface area contributed by atoms with Gasteiger partial charge in [-0.2, -0.15) is 13.2 Å². The van der Waals surface area contributed by atoms with E-state index in [4.69, 9.17) is 11.6 Å². The molecular formula is C11H8ClF3N2. The van der Waals surface area contributed by atoms with Gasteiger partial charge in [0.15, 0.2) is 5.65 Å². The summed E-state index contributed by atoms with van der Waals surface area (Å²) in [5.41, 5.74) is 0.461. The van der Waals surface area contributed by atoms with Crippen molar-refractivity contribution in [3.8, 4) is 0 Å². The summed E-state index contributed by atoms with van der Waals surface area (Å²) in [5.74, 6) is 0.389. The normalized spacial score (nSPS) is 16.7. The predicted octanol–water partition coefficient (Wildman–Crippen LogP) is 3.88. The fraction of sp³-hybridized carbons (Fsp3) is 0.364. The lowest BCUT2D eigenvalue weighted by atomic mass is 10.3. The van der Waals surface area contributed by atoms with E-state index in [0.717, 1.165) is 30.8 Å². The summed E-state index contributed by atoms with van der Waals surface area (Å²) >= 11 is 5.82. The van der Waals surface area contributed by atoms with Crippen LogP contribution in [0.4, 0.5) is 13.2 Å². The van der Waals surface area contributed by atoms with E-state index >= 15 is 0 Å². The van der Waals surface area contributed by atoms with Gasteiger partial charge in [-0.3, -0.25) is 0 Å². The van der Waals surface area contributed by atoms with Gasteiger partial charge in [-0.05, 0) is 18.9 Å². The Labute approximate surface area is 100 Å². The standard InChI is InChI=1S/C11H8ClF3N2/c12-8-3-7(11(13,14)15)4-17-5-9(6-1-2-6)16-10(8)17/h3-6H,1-2H2. The Balaban J connectivity index is 2.18. The average Bonchev–Trinajstić information content (AvgIpc) is 2.97. The van der Waals surface area contributed by atoms with Crippen LogP contribution >= 0.6 is 11.6 Å². The van der Waals surface area contributed by atoms with Crippen molar-refractivity contribution in [2.24, 2.45) is 0 Å². The van der Waals surface area contributed by atoms with E-state index in [1.807, 2.05) is 0 Å². The number of fused-ring (bicyclic) bond motifs is 1. The highest BCUT2D eigenvalue weighted by Gasteiger charge is 2.32. The van der Waals surface area contributed by atoms with Crippen LogP contribution in [0.25, 0.3) is 5.65 Å². The molecule has 0 aromatic carbocycles. The van der Waals surface area contributed by atoms with Crippen molar-refractivity contribution in [3.05, 3.63) is 34.7 Å². The van der Waals surface area contributed by atoms with E-state index in [1.165, 1.54) is 4.40 Å². The Bertz CT molecular complexity index is 584. The van der Waals surface area contributed by atoms with Crippen LogP contribution in [0.1, 0.15) is 30.0 Å². The van der Waals surface area contributed by atoms with Crippen molar-refractivity contribution >= 4 is 17.2 Å². The first-order valence-electron chi connectivity index (χ1n) is 5.20. The predicted molar refractivity (Wildman–Crippen MR) is 57.2 cm³/mol. The van der Waals surface area contributed by atoms with Gasteiger partial charge in [0, 0.05) is 18.3 Å². The number of nitrogens with zero attached hydrogens (tertiary/aromatic N) is 2. The van der Waals surface area contributed by atoms with Crippen LogP contribution in [0.3, 0.4) is 0 Å². The highest BCUT2D eigenvalue weighted by atomic mass is 35.5. The van der Waals surface area contributed by atoms with E-state index in [-0.39, 0.29) is 5.02 Å². The van der Waals surface area contributed by atoms with Gasteiger partial charge in [-0.25, -0.2) is 4.98 Å². The number of imidazole rings is 1. The van der Waals surface area contributed by atoms with Crippen LogP contribution in [0.5, 0.6) is 0 Å². The quantitative estimate of drug-likeness (QED) is 0.760. The minimum Gasteiger partial charge on any atom is -0.305 e. The van der Waals surface area contributed by atoms with Crippen molar-refractivity contribution in [2.75, 3.05) is 0 Å². The number of aromatic nitrogens is 2. The maximum absolute atomic E-state index is 12.6. The number of hydrogen-bond acceptors (Lipinski definition) is 1. The molecule has 2 nitrogen and oxygen atoms in total. The van der Waals surface area contributed by atoms with Gasteiger partial charge in [0.2, 0.25) is 0 Å². The molecule has 1 saturated carbocycles. The van der Waals surface area contributed by atoms with Crippen LogP contribution in [0, 0.1) is 0 Å². The summed E-state index contributed by atoms with van der Waals surface area (Å²) in [5, 5.41) is 0.0340. The third-order valence-corrected chi connectivity index (χ3v) is 3.13. The second-order valence-electron chi connectivity index (χ2n) is 4.25. The average molecular weight is 261 g/mol. The van der Waals surface area contributed by atoms with Gasteiger partial charge < -0.3 is 4.40 Å². The fourth-order valence-electron chi connectivity index (χ4n) is 1.81. The van der Waals surface area contributed by atoms with Crippen molar-refractivity contribution in [2.45, 2.75) is 24.9 Å². The van der Waals surface area contributed by atoms with Gasteiger partial charge in [-0.15, -0.1) is 0 Å². The number of halogens is 4. The molecule has 0 N–H and O–H groups in total. The molecule has 1 aliphatic carbocycles. The summed E-state index contributed by atoms with van der Waals surface area (Å²) < 4.78 is 39.1. The first-order valence-corrected chi connectivity index (χ1v) is 5.58. The molecule has 0 spiro atoms. The molecule has 0 bridgehead atoms. The first-order chi connectivity index (χ1) is 7.95. The lowest BCUT2D eigenvalue weighted by molar-refractivity contribution is -0.137. The van der Waals surface area contributed by atoms with E-state index in [0.29, 0.717) is 11.6 Å². The summed E-state index contributed by atoms with van der Waals surface area (Å²) in [6.45, 7) is 0. The van der Waals surface area contributed by atoms with Gasteiger partial charge in [0.05, 0.1) is 16.3 Å². The van der Waals surface area contributed by atoms with Gasteiger partial charge in [0.25, 0.3) is 0 Å². The minimum atomic E-state index is -4.39. The molecule has 0 unspecified atom stereocenters. The molecule has 0 amide bonds. The summed E-state index contributed by atoms with van der Waals surface area (Å²) in [4.78, 5) is 4.26. The Morgan fingerprint density at radius 3 is 2.59 bits per heavy atom. The molecule has 17 heavy (non-hydrogen) atoms. The zero-order valence-electron chi connectivity index (χ0n) is 8.63. The smallest absolute Gasteiger partial charge is 0.305 e. The molecule has 0 aliphatic heterocycles. The fourth-order valence-corrected chi connectivity index (χ4v) is 2.06. The first kappa shape index (κ1) is 10.9. The number of rotatable bonds is 1. The van der Waals surface area contributed by atoms with Crippen LogP contribution < -0.4 is 0 Å². The number of pyridine rings is 1. The highest BCUT2D eigenvalue weighted by molar-refractivity contribution is 6.33. The molecule has 0 radical (unpaired) electrons. The third-order valence-electron chi connectivity index (χ3n) is 2.85. The Morgan fingerprint density at radius 2 is 2.00 bits per heavy atom. The molecule has 2 aromatic rings. The Morgan fingerprint density at radius 1 is 1.29 bits per heavy atom. The van der Waals surface area contributed by atoms with Gasteiger partial charge >= 0.3 is 6.18 Å². The van der Waals surface area contributed by atoms with Gasteiger partial charge in [0.1, 0.15) is 0 Å². The highest BCUT2D eigenvalue weighted by Crippen LogP contribution is 2.40. The SMILES string of the molecule is FC(F)(F)c1cc(Cl)c2nc(C3CC3)cn2c1. The zero-order valence-corrected chi connectivity index (χ0v) is 9.39. The molecule has 0 saturated heterocycles. The van der Waals surface area contributed by atoms with Crippen LogP contribution in [-0.2, 0) is 6.18 Å². The van der Waals surface area contributed by atoms with E-state index in [2.05, 4.69) is 4.98 Å². The van der Waals surface area contributed by atoms with Crippen molar-refractivity contribution in [1.82, 2.24) is 9.38 Å². The summed E-state index contributed by atoms with van der Waals surface area (Å²) in [6.07, 6.45) is 0.372. The third kappa shape index (κ3) is 1.88. The topological polar surface area (TPSA) is 17.3 Å². The molecule has 1 aliphatic rings. The lowest BCUT2D eigenvalue weighted by Gasteiger charge is -2.07. The monoisotopic (exact) mass is 260 g/mol. The maximum Gasteiger partial charge on any atom is 0.417 e. The molecule has 3 rings (SSSR count). The molecule has 1 fully saturated rings. The van der Waals surface area contributed by atoms with Crippen molar-refractivity contribution < 1.29 is 13.2 Å². The van der Waals surface area contributed by atoms with Crippen LogP contribution in [-0.4, -0.2) is 9.38 Å². The number of hydrogen-bond donors (Lipinski definition) is 0. The largest absolute Gasteiger partial charge is 0.417 e. The van der Waals surface area contributed by atoms with Gasteiger partial charge in [-0.1, -0.05) is 11.6 Å². The summed E-state index contributed by atoms with van der Waals surface area (Å²) in [6, 6.07) is 0.917.